The van der Waals surface area contributed by atoms with E-state index in [0.29, 0.717) is 19.3 Å². The lowest BCUT2D eigenvalue weighted by Crippen LogP contribution is -2.30. The van der Waals surface area contributed by atoms with Crippen molar-refractivity contribution in [2.24, 2.45) is 0 Å². The summed E-state index contributed by atoms with van der Waals surface area (Å²) in [6, 6.07) is 0. The summed E-state index contributed by atoms with van der Waals surface area (Å²) in [6.07, 6.45) is 92.7. The number of hydrogen-bond acceptors (Lipinski definition) is 6. The Bertz CT molecular complexity index is 1580. The zero-order chi connectivity index (χ0) is 58.5. The third kappa shape index (κ3) is 67.0. The average Bonchev–Trinajstić information content (AvgIpc) is 3.47. The summed E-state index contributed by atoms with van der Waals surface area (Å²) in [7, 11) is 0. The first-order valence-corrected chi connectivity index (χ1v) is 34.7. The molecule has 0 aliphatic carbocycles. The quantitative estimate of drug-likeness (QED) is 0.0261. The molecule has 1 unspecified atom stereocenters. The van der Waals surface area contributed by atoms with Gasteiger partial charge in [-0.1, -0.05) is 298 Å². The zero-order valence-corrected chi connectivity index (χ0v) is 53.5. The van der Waals surface area contributed by atoms with Crippen molar-refractivity contribution in [2.45, 2.75) is 348 Å². The second kappa shape index (κ2) is 68.8. The number of esters is 3. The maximum atomic E-state index is 13.0. The summed E-state index contributed by atoms with van der Waals surface area (Å²) in [5.41, 5.74) is 0. The van der Waals surface area contributed by atoms with Crippen LogP contribution in [0.5, 0.6) is 0 Å². The average molecular weight is 1130 g/mol. The van der Waals surface area contributed by atoms with Crippen LogP contribution in [0.1, 0.15) is 342 Å². The lowest BCUT2D eigenvalue weighted by atomic mass is 10.1. The van der Waals surface area contributed by atoms with Crippen molar-refractivity contribution in [2.75, 3.05) is 13.2 Å². The van der Waals surface area contributed by atoms with E-state index in [-0.39, 0.29) is 31.1 Å². The number of hydrogen-bond donors (Lipinski definition) is 0. The Morgan fingerprint density at radius 3 is 0.765 bits per heavy atom. The minimum Gasteiger partial charge on any atom is -0.462 e. The molecule has 1 atom stereocenters. The molecule has 0 bridgehead atoms. The van der Waals surface area contributed by atoms with Crippen LogP contribution in [-0.2, 0) is 28.6 Å². The molecular weight excluding hydrogens is 997 g/mol. The molecule has 0 aliphatic heterocycles. The van der Waals surface area contributed by atoms with Gasteiger partial charge in [-0.15, -0.1) is 0 Å². The van der Waals surface area contributed by atoms with Gasteiger partial charge in [0.05, 0.1) is 0 Å². The van der Waals surface area contributed by atoms with Crippen LogP contribution >= 0.6 is 0 Å². The molecular formula is C75H130O6. The summed E-state index contributed by atoms with van der Waals surface area (Å²) < 4.78 is 17.0. The molecule has 0 radical (unpaired) electrons. The van der Waals surface area contributed by atoms with Crippen molar-refractivity contribution in [3.63, 3.8) is 0 Å². The first-order chi connectivity index (χ1) is 40.0. The summed E-state index contributed by atoms with van der Waals surface area (Å²) in [5.74, 6) is -0.884. The molecule has 0 aromatic carbocycles. The van der Waals surface area contributed by atoms with Gasteiger partial charge in [-0.2, -0.15) is 0 Å². The second-order valence-corrected chi connectivity index (χ2v) is 23.1. The SMILES string of the molecule is CC/C=C\C/C=C\C/C=C\C/C=C\CCCCCCCCCCC(=O)OC(COC(=O)CCCCCCCCC/C=C\CCCCCCCC)COC(=O)CCCCCCCCCCCC/C=C\C/C=C\C/C=C\CCCCCCC. The first-order valence-electron chi connectivity index (χ1n) is 34.7. The van der Waals surface area contributed by atoms with E-state index in [1.807, 2.05) is 0 Å². The van der Waals surface area contributed by atoms with Gasteiger partial charge in [0, 0.05) is 19.3 Å². The van der Waals surface area contributed by atoms with Crippen LogP contribution in [0.3, 0.4) is 0 Å². The topological polar surface area (TPSA) is 78.9 Å². The maximum Gasteiger partial charge on any atom is 0.306 e. The van der Waals surface area contributed by atoms with Crippen LogP contribution < -0.4 is 0 Å². The first kappa shape index (κ1) is 77.3. The summed E-state index contributed by atoms with van der Waals surface area (Å²) >= 11 is 0. The molecule has 466 valence electrons. The van der Waals surface area contributed by atoms with Gasteiger partial charge in [0.15, 0.2) is 6.10 Å². The molecule has 0 heterocycles. The van der Waals surface area contributed by atoms with Gasteiger partial charge in [0.1, 0.15) is 13.2 Å². The number of unbranched alkanes of at least 4 members (excludes halogenated alkanes) is 36. The molecule has 6 heteroatoms. The normalized spacial score (nSPS) is 12.7. The predicted octanol–water partition coefficient (Wildman–Crippen LogP) is 24.0. The van der Waals surface area contributed by atoms with Gasteiger partial charge < -0.3 is 14.2 Å². The molecule has 81 heavy (non-hydrogen) atoms. The Morgan fingerprint density at radius 1 is 0.259 bits per heavy atom. The fourth-order valence-electron chi connectivity index (χ4n) is 9.85. The lowest BCUT2D eigenvalue weighted by molar-refractivity contribution is -0.167. The zero-order valence-electron chi connectivity index (χ0n) is 53.5. The van der Waals surface area contributed by atoms with Crippen molar-refractivity contribution in [3.8, 4) is 0 Å². The minimum atomic E-state index is -0.788. The Hall–Kier alpha value is -3.67. The molecule has 0 rings (SSSR count). The van der Waals surface area contributed by atoms with E-state index < -0.39 is 6.10 Å². The number of allylic oxidation sites excluding steroid dienone is 16. The highest BCUT2D eigenvalue weighted by atomic mass is 16.6. The van der Waals surface area contributed by atoms with E-state index in [2.05, 4.69) is 118 Å². The van der Waals surface area contributed by atoms with Crippen LogP contribution in [0.2, 0.25) is 0 Å². The van der Waals surface area contributed by atoms with Gasteiger partial charge in [0.25, 0.3) is 0 Å². The van der Waals surface area contributed by atoms with E-state index in [0.717, 1.165) is 103 Å². The predicted molar refractivity (Wildman–Crippen MR) is 353 cm³/mol. The molecule has 0 saturated carbocycles. The monoisotopic (exact) mass is 1130 g/mol. The van der Waals surface area contributed by atoms with Crippen molar-refractivity contribution in [3.05, 3.63) is 97.2 Å². The molecule has 0 N–H and O–H groups in total. The Morgan fingerprint density at radius 2 is 0.481 bits per heavy atom. The number of ether oxygens (including phenoxy) is 3. The highest BCUT2D eigenvalue weighted by Crippen LogP contribution is 2.16. The van der Waals surface area contributed by atoms with Gasteiger partial charge >= 0.3 is 17.9 Å². The number of carbonyl (C=O) groups excluding carboxylic acids is 3. The van der Waals surface area contributed by atoms with Gasteiger partial charge in [-0.25, -0.2) is 0 Å². The molecule has 0 aromatic heterocycles. The molecule has 0 aliphatic rings. The molecule has 6 nitrogen and oxygen atoms in total. The summed E-state index contributed by atoms with van der Waals surface area (Å²) in [4.78, 5) is 38.5. The van der Waals surface area contributed by atoms with Crippen molar-refractivity contribution >= 4 is 17.9 Å². The molecule has 0 saturated heterocycles. The third-order valence-corrected chi connectivity index (χ3v) is 15.0. The van der Waals surface area contributed by atoms with Crippen molar-refractivity contribution in [1.29, 1.82) is 0 Å². The van der Waals surface area contributed by atoms with Crippen LogP contribution in [0.15, 0.2) is 97.2 Å². The van der Waals surface area contributed by atoms with E-state index >= 15 is 0 Å². The standard InChI is InChI=1S/C75H130O6/c1-4-7-10-13-16-19-22-25-28-31-33-35-36-37-38-40-41-44-47-50-53-56-59-62-65-68-74(77)80-71-72(70-79-73(76)67-64-61-58-55-52-49-46-43-30-27-24-21-18-15-12-9-6-3)81-75(78)69-66-63-60-57-54-51-48-45-42-39-34-32-29-26-23-20-17-14-11-8-5-2/h8,11,17,20,22,25-27,29-31,33-34,36-37,39,72H,4-7,9-10,12-16,18-19,21,23-24,28,32,35,38,40-71H2,1-3H3/b11-8-,20-17-,25-22-,29-26-,30-27-,33-31-,37-36-,39-34-. The Kier molecular flexibility index (Phi) is 65.7. The second-order valence-electron chi connectivity index (χ2n) is 23.1. The summed E-state index contributed by atoms with van der Waals surface area (Å²) in [6.45, 7) is 6.54. The largest absolute Gasteiger partial charge is 0.462 e. The van der Waals surface area contributed by atoms with Gasteiger partial charge in [-0.05, 0) is 122 Å². The molecule has 0 amide bonds. The highest BCUT2D eigenvalue weighted by Gasteiger charge is 2.19. The van der Waals surface area contributed by atoms with Crippen LogP contribution in [0.25, 0.3) is 0 Å². The smallest absolute Gasteiger partial charge is 0.306 e. The van der Waals surface area contributed by atoms with Crippen LogP contribution in [0.4, 0.5) is 0 Å². The van der Waals surface area contributed by atoms with Gasteiger partial charge in [-0.3, -0.25) is 14.4 Å². The van der Waals surface area contributed by atoms with Gasteiger partial charge in [0.2, 0.25) is 0 Å². The van der Waals surface area contributed by atoms with E-state index in [1.54, 1.807) is 0 Å². The Balaban J connectivity index is 4.38. The van der Waals surface area contributed by atoms with E-state index in [9.17, 15) is 14.4 Å². The molecule has 0 spiro atoms. The number of carbonyl (C=O) groups is 3. The maximum absolute atomic E-state index is 13.0. The van der Waals surface area contributed by atoms with E-state index in [4.69, 9.17) is 14.2 Å². The fourth-order valence-corrected chi connectivity index (χ4v) is 9.85. The Labute approximate surface area is 502 Å². The van der Waals surface area contributed by atoms with Crippen molar-refractivity contribution in [1.82, 2.24) is 0 Å². The highest BCUT2D eigenvalue weighted by molar-refractivity contribution is 5.71. The minimum absolute atomic E-state index is 0.0831. The third-order valence-electron chi connectivity index (χ3n) is 15.0. The van der Waals surface area contributed by atoms with Crippen LogP contribution in [0, 0.1) is 0 Å². The van der Waals surface area contributed by atoms with Crippen molar-refractivity contribution < 1.29 is 28.6 Å². The van der Waals surface area contributed by atoms with Crippen LogP contribution in [-0.4, -0.2) is 37.2 Å². The number of rotatable bonds is 63. The molecule has 0 aromatic rings. The fraction of sp³-hybridized carbons (Fsp3) is 0.747. The van der Waals surface area contributed by atoms with E-state index in [1.165, 1.54) is 199 Å². The lowest BCUT2D eigenvalue weighted by Gasteiger charge is -2.18. The summed E-state index contributed by atoms with van der Waals surface area (Å²) in [5, 5.41) is 0. The molecule has 0 fully saturated rings.